The van der Waals surface area contributed by atoms with Crippen LogP contribution in [0.25, 0.3) is 11.1 Å². The Labute approximate surface area is 117 Å². The molecule has 0 heterocycles. The maximum absolute atomic E-state index is 2.38. The van der Waals surface area contributed by atoms with Gasteiger partial charge in [0.05, 0.1) is 0 Å². The molecular formula is C18H25N. The molecule has 102 valence electrons. The molecule has 0 aromatic heterocycles. The Bertz CT molecular complexity index is 375. The molecule has 0 aliphatic heterocycles. The van der Waals surface area contributed by atoms with Gasteiger partial charge in [-0.25, -0.2) is 0 Å². The fourth-order valence-corrected chi connectivity index (χ4v) is 1.93. The second-order valence-electron chi connectivity index (χ2n) is 4.35. The van der Waals surface area contributed by atoms with Crippen molar-refractivity contribution in [1.82, 2.24) is 4.90 Å². The van der Waals surface area contributed by atoms with E-state index in [1.807, 2.05) is 12.1 Å². The van der Waals surface area contributed by atoms with Gasteiger partial charge in [0.25, 0.3) is 0 Å². The van der Waals surface area contributed by atoms with Gasteiger partial charge in [-0.05, 0) is 30.8 Å². The lowest BCUT2D eigenvalue weighted by molar-refractivity contribution is 0.321. The first-order valence-corrected chi connectivity index (χ1v) is 7.14. The van der Waals surface area contributed by atoms with Gasteiger partial charge in [-0.2, -0.15) is 0 Å². The van der Waals surface area contributed by atoms with E-state index < -0.39 is 0 Å². The maximum Gasteiger partial charge on any atom is -0.00474 e. The van der Waals surface area contributed by atoms with E-state index in [0.717, 1.165) is 0 Å². The van der Waals surface area contributed by atoms with Gasteiger partial charge in [0.2, 0.25) is 0 Å². The summed E-state index contributed by atoms with van der Waals surface area (Å²) in [4.78, 5) is 2.38. The van der Waals surface area contributed by atoms with E-state index >= 15 is 0 Å². The lowest BCUT2D eigenvalue weighted by Crippen LogP contribution is -2.21. The third kappa shape index (κ3) is 5.71. The zero-order valence-electron chi connectivity index (χ0n) is 12.3. The van der Waals surface area contributed by atoms with E-state index in [0.29, 0.717) is 0 Å². The molecule has 19 heavy (non-hydrogen) atoms. The SMILES string of the molecule is CCN(CC)CC.c1ccc(-c2ccccc2)cc1. The smallest absolute Gasteiger partial charge is 0.00474 e. The third-order valence-electron chi connectivity index (χ3n) is 3.22. The molecule has 0 N–H and O–H groups in total. The highest BCUT2D eigenvalue weighted by Gasteiger charge is 1.91. The predicted molar refractivity (Wildman–Crippen MR) is 85.3 cm³/mol. The molecule has 1 nitrogen and oxygen atoms in total. The van der Waals surface area contributed by atoms with E-state index in [1.165, 1.54) is 30.8 Å². The van der Waals surface area contributed by atoms with Gasteiger partial charge in [-0.1, -0.05) is 81.4 Å². The van der Waals surface area contributed by atoms with Gasteiger partial charge in [-0.15, -0.1) is 0 Å². The van der Waals surface area contributed by atoms with Crippen molar-refractivity contribution in [2.45, 2.75) is 20.8 Å². The van der Waals surface area contributed by atoms with Crippen LogP contribution in [0.15, 0.2) is 60.7 Å². The van der Waals surface area contributed by atoms with Gasteiger partial charge in [0, 0.05) is 0 Å². The molecule has 2 aromatic carbocycles. The summed E-state index contributed by atoms with van der Waals surface area (Å²) in [6, 6.07) is 20.8. The average molecular weight is 255 g/mol. The minimum atomic E-state index is 1.19. The molecule has 0 saturated heterocycles. The standard InChI is InChI=1S/C12H10.C6H15N/c1-3-7-11(8-4-1)12-9-5-2-6-10-12;1-4-7(5-2)6-3/h1-10H;4-6H2,1-3H3. The van der Waals surface area contributed by atoms with Crippen molar-refractivity contribution in [3.63, 3.8) is 0 Å². The molecule has 0 atom stereocenters. The highest BCUT2D eigenvalue weighted by Crippen LogP contribution is 2.17. The minimum Gasteiger partial charge on any atom is -0.304 e. The van der Waals surface area contributed by atoms with Crippen LogP contribution in [0.1, 0.15) is 20.8 Å². The van der Waals surface area contributed by atoms with Crippen molar-refractivity contribution in [2.75, 3.05) is 19.6 Å². The fourth-order valence-electron chi connectivity index (χ4n) is 1.93. The number of benzene rings is 2. The Morgan fingerprint density at radius 2 is 0.895 bits per heavy atom. The molecule has 0 amide bonds. The highest BCUT2D eigenvalue weighted by atomic mass is 15.1. The van der Waals surface area contributed by atoms with Crippen LogP contribution in [-0.2, 0) is 0 Å². The molecule has 0 saturated carbocycles. The van der Waals surface area contributed by atoms with E-state index in [1.54, 1.807) is 0 Å². The Kier molecular flexibility index (Phi) is 7.60. The summed E-state index contributed by atoms with van der Waals surface area (Å²) >= 11 is 0. The van der Waals surface area contributed by atoms with Crippen LogP contribution < -0.4 is 0 Å². The molecular weight excluding hydrogens is 230 g/mol. The molecule has 2 rings (SSSR count). The molecule has 1 heteroatoms. The van der Waals surface area contributed by atoms with Crippen LogP contribution in [0.4, 0.5) is 0 Å². The van der Waals surface area contributed by atoms with Gasteiger partial charge in [0.15, 0.2) is 0 Å². The molecule has 0 unspecified atom stereocenters. The van der Waals surface area contributed by atoms with Crippen LogP contribution >= 0.6 is 0 Å². The van der Waals surface area contributed by atoms with Crippen LogP contribution in [0.3, 0.4) is 0 Å². The van der Waals surface area contributed by atoms with Gasteiger partial charge in [0.1, 0.15) is 0 Å². The van der Waals surface area contributed by atoms with Crippen molar-refractivity contribution in [3.05, 3.63) is 60.7 Å². The first-order chi connectivity index (χ1) is 9.31. The van der Waals surface area contributed by atoms with Crippen LogP contribution in [0, 0.1) is 0 Å². The quantitative estimate of drug-likeness (QED) is 0.765. The summed E-state index contributed by atoms with van der Waals surface area (Å²) < 4.78 is 0. The Balaban J connectivity index is 0.000000224. The molecule has 0 spiro atoms. The monoisotopic (exact) mass is 255 g/mol. The Morgan fingerprint density at radius 1 is 0.579 bits per heavy atom. The normalized spacial score (nSPS) is 9.89. The van der Waals surface area contributed by atoms with Crippen molar-refractivity contribution < 1.29 is 0 Å². The molecule has 0 aliphatic rings. The summed E-state index contributed by atoms with van der Waals surface area (Å²) in [7, 11) is 0. The van der Waals surface area contributed by atoms with Crippen molar-refractivity contribution >= 4 is 0 Å². The second kappa shape index (κ2) is 9.35. The molecule has 0 aliphatic carbocycles. The first-order valence-electron chi connectivity index (χ1n) is 7.14. The van der Waals surface area contributed by atoms with Gasteiger partial charge in [-0.3, -0.25) is 0 Å². The van der Waals surface area contributed by atoms with Gasteiger partial charge < -0.3 is 4.90 Å². The predicted octanol–water partition coefficient (Wildman–Crippen LogP) is 4.70. The van der Waals surface area contributed by atoms with Crippen LogP contribution in [0.5, 0.6) is 0 Å². The zero-order chi connectivity index (χ0) is 13.9. The summed E-state index contributed by atoms with van der Waals surface area (Å²) in [6.45, 7) is 10.1. The minimum absolute atomic E-state index is 1.19. The Hall–Kier alpha value is -1.60. The topological polar surface area (TPSA) is 3.24 Å². The van der Waals surface area contributed by atoms with E-state index in [4.69, 9.17) is 0 Å². The average Bonchev–Trinajstić information content (AvgIpc) is 2.51. The lowest BCUT2D eigenvalue weighted by atomic mass is 10.1. The third-order valence-corrected chi connectivity index (χ3v) is 3.22. The van der Waals surface area contributed by atoms with E-state index in [9.17, 15) is 0 Å². The van der Waals surface area contributed by atoms with Crippen LogP contribution in [0.2, 0.25) is 0 Å². The molecule has 0 fully saturated rings. The van der Waals surface area contributed by atoms with E-state index in [2.05, 4.69) is 74.2 Å². The zero-order valence-corrected chi connectivity index (χ0v) is 12.3. The molecule has 0 radical (unpaired) electrons. The number of hydrogen-bond acceptors (Lipinski definition) is 1. The van der Waals surface area contributed by atoms with Crippen LogP contribution in [-0.4, -0.2) is 24.5 Å². The molecule has 2 aromatic rings. The second-order valence-corrected chi connectivity index (χ2v) is 4.35. The number of hydrogen-bond donors (Lipinski definition) is 0. The Morgan fingerprint density at radius 3 is 1.11 bits per heavy atom. The number of nitrogens with zero attached hydrogens (tertiary/aromatic N) is 1. The first kappa shape index (κ1) is 15.5. The fraction of sp³-hybridized carbons (Fsp3) is 0.333. The molecule has 0 bridgehead atoms. The summed E-state index contributed by atoms with van der Waals surface area (Å²) in [6.07, 6.45) is 0. The highest BCUT2D eigenvalue weighted by molar-refractivity contribution is 5.62. The largest absolute Gasteiger partial charge is 0.304 e. The summed E-state index contributed by atoms with van der Waals surface area (Å²) in [5, 5.41) is 0. The van der Waals surface area contributed by atoms with Gasteiger partial charge >= 0.3 is 0 Å². The van der Waals surface area contributed by atoms with Crippen molar-refractivity contribution in [3.8, 4) is 11.1 Å². The number of rotatable bonds is 4. The summed E-state index contributed by atoms with van der Waals surface area (Å²) in [5.74, 6) is 0. The summed E-state index contributed by atoms with van der Waals surface area (Å²) in [5.41, 5.74) is 2.55. The maximum atomic E-state index is 2.38. The van der Waals surface area contributed by atoms with Crippen molar-refractivity contribution in [2.24, 2.45) is 0 Å². The van der Waals surface area contributed by atoms with E-state index in [-0.39, 0.29) is 0 Å². The lowest BCUT2D eigenvalue weighted by Gasteiger charge is -2.13. The van der Waals surface area contributed by atoms with Crippen molar-refractivity contribution in [1.29, 1.82) is 0 Å².